The molecule has 1 saturated heterocycles. The fraction of sp³-hybridized carbons (Fsp3) is 0.333. The Morgan fingerprint density at radius 2 is 2.00 bits per heavy atom. The van der Waals surface area contributed by atoms with Gasteiger partial charge in [0.15, 0.2) is 12.2 Å². The van der Waals surface area contributed by atoms with Gasteiger partial charge in [0.1, 0.15) is 0 Å². The number of hydrogen-bond donors (Lipinski definition) is 3. The number of rotatable bonds is 8. The lowest BCUT2D eigenvalue weighted by Gasteiger charge is -2.28. The monoisotopic (exact) mass is 504 g/mol. The molecule has 0 bridgehead atoms. The second kappa shape index (κ2) is 10.8. The highest BCUT2D eigenvalue weighted by Gasteiger charge is 2.38. The lowest BCUT2D eigenvalue weighted by molar-refractivity contribution is -0.153. The number of likely N-dealkylation sites (tertiary alicyclic amines) is 1. The number of thiophene rings is 2. The van der Waals surface area contributed by atoms with Crippen LogP contribution in [0.5, 0.6) is 0 Å². The van der Waals surface area contributed by atoms with E-state index in [1.807, 2.05) is 29.0 Å². The molecule has 4 rings (SSSR count). The third kappa shape index (κ3) is 5.83. The average Bonchev–Trinajstić information content (AvgIpc) is 3.58. The van der Waals surface area contributed by atoms with Crippen molar-refractivity contribution in [2.24, 2.45) is 0 Å². The van der Waals surface area contributed by atoms with Crippen molar-refractivity contribution in [3.05, 3.63) is 79.1 Å². The molecule has 3 aromatic rings. The van der Waals surface area contributed by atoms with Crippen molar-refractivity contribution in [3.8, 4) is 0 Å². The zero-order chi connectivity index (χ0) is 23.4. The van der Waals surface area contributed by atoms with Crippen LogP contribution in [0.2, 0.25) is 5.02 Å². The standard InChI is InChI=1S/C24H25ClN2O4S2/c25-18-4-1-3-17(11-18)20-5-2-7-27(20)24(31)22(29)21(28)23(30)26-12-19-10-16(14-33-19)9-15-6-8-32-13-15/h1,3-4,6,8,10-11,13-14,20-22,28-29H,2,5,7,9,12H2,(H,26,30)/t20-,21-,22-/m1/s1. The smallest absolute Gasteiger partial charge is 0.255 e. The van der Waals surface area contributed by atoms with Crippen LogP contribution in [-0.4, -0.2) is 45.7 Å². The molecule has 2 aromatic heterocycles. The van der Waals surface area contributed by atoms with Crippen LogP contribution in [0.25, 0.3) is 0 Å². The number of benzene rings is 1. The molecule has 3 atom stereocenters. The lowest BCUT2D eigenvalue weighted by atomic mass is 10.0. The van der Waals surface area contributed by atoms with Crippen molar-refractivity contribution in [3.63, 3.8) is 0 Å². The molecule has 2 amide bonds. The van der Waals surface area contributed by atoms with Crippen molar-refractivity contribution in [2.75, 3.05) is 6.54 Å². The minimum atomic E-state index is -1.84. The predicted octanol–water partition coefficient (Wildman–Crippen LogP) is 3.76. The molecule has 1 aliphatic rings. The van der Waals surface area contributed by atoms with Crippen LogP contribution in [0.3, 0.4) is 0 Å². The van der Waals surface area contributed by atoms with E-state index in [-0.39, 0.29) is 12.6 Å². The van der Waals surface area contributed by atoms with E-state index in [0.29, 0.717) is 11.6 Å². The number of aliphatic hydroxyl groups excluding tert-OH is 2. The fourth-order valence-electron chi connectivity index (χ4n) is 4.06. The van der Waals surface area contributed by atoms with Gasteiger partial charge in [-0.3, -0.25) is 9.59 Å². The Hall–Kier alpha value is -2.23. The van der Waals surface area contributed by atoms with Gasteiger partial charge in [0.05, 0.1) is 12.6 Å². The van der Waals surface area contributed by atoms with Gasteiger partial charge < -0.3 is 20.4 Å². The minimum Gasteiger partial charge on any atom is -0.380 e. The summed E-state index contributed by atoms with van der Waals surface area (Å²) in [4.78, 5) is 27.8. The van der Waals surface area contributed by atoms with Gasteiger partial charge in [0.2, 0.25) is 0 Å². The molecule has 1 fully saturated rings. The first kappa shape index (κ1) is 23.9. The van der Waals surface area contributed by atoms with Crippen molar-refractivity contribution >= 4 is 46.1 Å². The molecule has 3 heterocycles. The number of halogens is 1. The number of nitrogens with zero attached hydrogens (tertiary/aromatic N) is 1. The van der Waals surface area contributed by atoms with Gasteiger partial charge in [-0.05, 0) is 76.4 Å². The van der Waals surface area contributed by atoms with Crippen molar-refractivity contribution in [2.45, 2.75) is 44.1 Å². The maximum absolute atomic E-state index is 12.9. The van der Waals surface area contributed by atoms with Crippen LogP contribution in [-0.2, 0) is 22.6 Å². The number of aliphatic hydroxyl groups is 2. The summed E-state index contributed by atoms with van der Waals surface area (Å²) < 4.78 is 0. The summed E-state index contributed by atoms with van der Waals surface area (Å²) in [5, 5.41) is 30.2. The maximum Gasteiger partial charge on any atom is 0.255 e. The largest absolute Gasteiger partial charge is 0.380 e. The first-order valence-electron chi connectivity index (χ1n) is 10.7. The molecule has 0 aliphatic carbocycles. The second-order valence-corrected chi connectivity index (χ2v) is 10.3. The van der Waals surface area contributed by atoms with Gasteiger partial charge in [-0.25, -0.2) is 0 Å². The van der Waals surface area contributed by atoms with E-state index in [0.717, 1.165) is 35.3 Å². The Labute approximate surface area is 205 Å². The molecule has 6 nitrogen and oxygen atoms in total. The SMILES string of the molecule is O=C(NCc1cc(Cc2ccsc2)cs1)[C@H](O)[C@@H](O)C(=O)N1CCC[C@@H]1c1cccc(Cl)c1. The summed E-state index contributed by atoms with van der Waals surface area (Å²) >= 11 is 9.25. The molecular formula is C24H25ClN2O4S2. The van der Waals surface area contributed by atoms with Gasteiger partial charge in [-0.15, -0.1) is 11.3 Å². The third-order valence-corrected chi connectivity index (χ3v) is 7.68. The third-order valence-electron chi connectivity index (χ3n) is 5.72. The predicted molar refractivity (Wildman–Crippen MR) is 130 cm³/mol. The number of amides is 2. The average molecular weight is 505 g/mol. The summed E-state index contributed by atoms with van der Waals surface area (Å²) in [6, 6.07) is 11.1. The van der Waals surface area contributed by atoms with E-state index in [2.05, 4.69) is 16.8 Å². The van der Waals surface area contributed by atoms with E-state index >= 15 is 0 Å². The number of carbonyl (C=O) groups excluding carboxylic acids is 2. The molecule has 1 aromatic carbocycles. The molecule has 0 saturated carbocycles. The van der Waals surface area contributed by atoms with Crippen LogP contribution in [0, 0.1) is 0 Å². The lowest BCUT2D eigenvalue weighted by Crippen LogP contribution is -2.50. The Balaban J connectivity index is 1.32. The molecule has 174 valence electrons. The molecule has 1 aliphatic heterocycles. The van der Waals surface area contributed by atoms with E-state index < -0.39 is 24.0 Å². The van der Waals surface area contributed by atoms with E-state index in [1.165, 1.54) is 21.8 Å². The van der Waals surface area contributed by atoms with Crippen molar-refractivity contribution < 1.29 is 19.8 Å². The Morgan fingerprint density at radius 3 is 2.76 bits per heavy atom. The first-order chi connectivity index (χ1) is 15.9. The topological polar surface area (TPSA) is 89.9 Å². The normalized spacial score (nSPS) is 17.7. The summed E-state index contributed by atoms with van der Waals surface area (Å²) in [6.07, 6.45) is -1.35. The fourth-order valence-corrected chi connectivity index (χ4v) is 5.75. The van der Waals surface area contributed by atoms with E-state index in [9.17, 15) is 19.8 Å². The number of nitrogens with one attached hydrogen (secondary N) is 1. The summed E-state index contributed by atoms with van der Waals surface area (Å²) in [5.41, 5.74) is 3.26. The molecule has 9 heteroatoms. The zero-order valence-electron chi connectivity index (χ0n) is 17.8. The summed E-state index contributed by atoms with van der Waals surface area (Å²) in [7, 11) is 0. The van der Waals surface area contributed by atoms with Gasteiger partial charge in [0.25, 0.3) is 11.8 Å². The van der Waals surface area contributed by atoms with E-state index in [4.69, 9.17) is 11.6 Å². The van der Waals surface area contributed by atoms with Gasteiger partial charge in [0, 0.05) is 16.4 Å². The Bertz CT molecular complexity index is 1100. The quantitative estimate of drug-likeness (QED) is 0.436. The summed E-state index contributed by atoms with van der Waals surface area (Å²) in [6.45, 7) is 0.670. The molecule has 0 spiro atoms. The first-order valence-corrected chi connectivity index (χ1v) is 12.9. The number of hydrogen-bond acceptors (Lipinski definition) is 6. The van der Waals surface area contributed by atoms with Gasteiger partial charge in [-0.2, -0.15) is 11.3 Å². The Morgan fingerprint density at radius 1 is 1.15 bits per heavy atom. The van der Waals surface area contributed by atoms with E-state index in [1.54, 1.807) is 23.5 Å². The zero-order valence-corrected chi connectivity index (χ0v) is 20.2. The van der Waals surface area contributed by atoms with Crippen molar-refractivity contribution in [1.82, 2.24) is 10.2 Å². The highest BCUT2D eigenvalue weighted by atomic mass is 35.5. The van der Waals surface area contributed by atoms with Crippen LogP contribution < -0.4 is 5.32 Å². The molecule has 3 N–H and O–H groups in total. The second-order valence-electron chi connectivity index (χ2n) is 8.08. The molecule has 0 unspecified atom stereocenters. The molecule has 0 radical (unpaired) electrons. The minimum absolute atomic E-state index is 0.222. The van der Waals surface area contributed by atoms with Crippen LogP contribution in [0.1, 0.15) is 40.5 Å². The molecule has 33 heavy (non-hydrogen) atoms. The van der Waals surface area contributed by atoms with Gasteiger partial charge in [-0.1, -0.05) is 23.7 Å². The maximum atomic E-state index is 12.9. The van der Waals surface area contributed by atoms with Crippen molar-refractivity contribution in [1.29, 1.82) is 0 Å². The van der Waals surface area contributed by atoms with Gasteiger partial charge >= 0.3 is 0 Å². The highest BCUT2D eigenvalue weighted by Crippen LogP contribution is 2.33. The Kier molecular flexibility index (Phi) is 7.82. The van der Waals surface area contributed by atoms with Crippen LogP contribution in [0.15, 0.2) is 52.5 Å². The highest BCUT2D eigenvalue weighted by molar-refractivity contribution is 7.10. The number of carbonyl (C=O) groups is 2. The summed E-state index contributed by atoms with van der Waals surface area (Å²) in [5.74, 6) is -1.43. The van der Waals surface area contributed by atoms with Crippen LogP contribution >= 0.6 is 34.3 Å². The van der Waals surface area contributed by atoms with Crippen LogP contribution in [0.4, 0.5) is 0 Å². The molecular weight excluding hydrogens is 480 g/mol.